The van der Waals surface area contributed by atoms with Gasteiger partial charge < -0.3 is 19.4 Å². The van der Waals surface area contributed by atoms with E-state index in [0.29, 0.717) is 12.6 Å². The van der Waals surface area contributed by atoms with Gasteiger partial charge in [-0.1, -0.05) is 12.8 Å². The van der Waals surface area contributed by atoms with E-state index in [2.05, 4.69) is 5.32 Å². The first-order valence-corrected chi connectivity index (χ1v) is 7.71. The summed E-state index contributed by atoms with van der Waals surface area (Å²) in [7, 11) is 3.26. The summed E-state index contributed by atoms with van der Waals surface area (Å²) in [5, 5.41) is 4.10. The lowest BCUT2D eigenvalue weighted by Gasteiger charge is -2.13. The summed E-state index contributed by atoms with van der Waals surface area (Å²) < 4.78 is 12.6. The zero-order valence-electron chi connectivity index (χ0n) is 13.1. The summed E-state index contributed by atoms with van der Waals surface area (Å²) in [4.78, 5) is 12.2. The summed E-state index contributed by atoms with van der Waals surface area (Å²) in [6, 6.07) is 6.10. The van der Waals surface area contributed by atoms with Gasteiger partial charge in [-0.05, 0) is 18.9 Å². The lowest BCUT2D eigenvalue weighted by Crippen LogP contribution is -2.35. The van der Waals surface area contributed by atoms with Gasteiger partial charge in [0.2, 0.25) is 5.91 Å². The van der Waals surface area contributed by atoms with Crippen LogP contribution in [0.4, 0.5) is 0 Å². The molecule has 0 atom stereocenters. The minimum Gasteiger partial charge on any atom is -0.497 e. The van der Waals surface area contributed by atoms with Crippen molar-refractivity contribution in [2.75, 3.05) is 14.2 Å². The van der Waals surface area contributed by atoms with Crippen molar-refractivity contribution in [1.29, 1.82) is 0 Å². The number of amides is 1. The Bertz CT molecular complexity index is 672. The average molecular weight is 302 g/mol. The van der Waals surface area contributed by atoms with Gasteiger partial charge in [-0.3, -0.25) is 4.79 Å². The Kier molecular flexibility index (Phi) is 4.22. The topological polar surface area (TPSA) is 52.5 Å². The molecule has 0 unspecified atom stereocenters. The zero-order chi connectivity index (χ0) is 15.5. The lowest BCUT2D eigenvalue weighted by molar-refractivity contribution is -0.122. The SMILES string of the molecule is COc1cc(OC)c2ccn(CC(=O)NC3CCCC3)c2c1. The Balaban J connectivity index is 1.82. The van der Waals surface area contributed by atoms with Crippen molar-refractivity contribution < 1.29 is 14.3 Å². The highest BCUT2D eigenvalue weighted by Gasteiger charge is 2.18. The van der Waals surface area contributed by atoms with Crippen molar-refractivity contribution in [3.05, 3.63) is 24.4 Å². The quantitative estimate of drug-likeness (QED) is 0.924. The average Bonchev–Trinajstić information content (AvgIpc) is 3.16. The van der Waals surface area contributed by atoms with E-state index in [1.807, 2.05) is 29.0 Å². The number of benzene rings is 1. The van der Waals surface area contributed by atoms with Gasteiger partial charge in [0.1, 0.15) is 18.0 Å². The molecule has 0 bridgehead atoms. The number of nitrogens with zero attached hydrogens (tertiary/aromatic N) is 1. The van der Waals surface area contributed by atoms with Crippen molar-refractivity contribution in [3.63, 3.8) is 0 Å². The number of carbonyl (C=O) groups excluding carboxylic acids is 1. The van der Waals surface area contributed by atoms with Crippen molar-refractivity contribution in [1.82, 2.24) is 9.88 Å². The third kappa shape index (κ3) is 2.89. The fourth-order valence-electron chi connectivity index (χ4n) is 3.16. The van der Waals surface area contributed by atoms with Crippen molar-refractivity contribution in [2.45, 2.75) is 38.3 Å². The van der Waals surface area contributed by atoms with E-state index in [-0.39, 0.29) is 5.91 Å². The van der Waals surface area contributed by atoms with Crippen LogP contribution >= 0.6 is 0 Å². The third-order valence-corrected chi connectivity index (χ3v) is 4.31. The van der Waals surface area contributed by atoms with Crippen LogP contribution in [0.3, 0.4) is 0 Å². The normalized spacial score (nSPS) is 15.2. The second-order valence-corrected chi connectivity index (χ2v) is 5.75. The number of carbonyl (C=O) groups is 1. The standard InChI is InChI=1S/C17H22N2O3/c1-21-13-9-15-14(16(10-13)22-2)7-8-19(15)11-17(20)18-12-5-3-4-6-12/h7-10,12H,3-6,11H2,1-2H3,(H,18,20). The summed E-state index contributed by atoms with van der Waals surface area (Å²) in [5.74, 6) is 1.54. The molecular formula is C17H22N2O3. The van der Waals surface area contributed by atoms with E-state index < -0.39 is 0 Å². The fraction of sp³-hybridized carbons (Fsp3) is 0.471. The van der Waals surface area contributed by atoms with Crippen LogP contribution in [0.15, 0.2) is 24.4 Å². The number of ether oxygens (including phenoxy) is 2. The maximum atomic E-state index is 12.2. The number of aromatic nitrogens is 1. The predicted octanol–water partition coefficient (Wildman–Crippen LogP) is 2.72. The number of hydrogen-bond donors (Lipinski definition) is 1. The lowest BCUT2D eigenvalue weighted by atomic mass is 10.2. The molecule has 1 heterocycles. The van der Waals surface area contributed by atoms with Crippen LogP contribution < -0.4 is 14.8 Å². The molecule has 5 heteroatoms. The molecule has 22 heavy (non-hydrogen) atoms. The van der Waals surface area contributed by atoms with Crippen LogP contribution in [0.1, 0.15) is 25.7 Å². The summed E-state index contributed by atoms with van der Waals surface area (Å²) >= 11 is 0. The molecule has 0 spiro atoms. The molecular weight excluding hydrogens is 280 g/mol. The molecule has 0 aliphatic heterocycles. The van der Waals surface area contributed by atoms with Crippen molar-refractivity contribution >= 4 is 16.8 Å². The fourth-order valence-corrected chi connectivity index (χ4v) is 3.16. The van der Waals surface area contributed by atoms with Gasteiger partial charge in [0, 0.05) is 29.8 Å². The number of hydrogen-bond acceptors (Lipinski definition) is 3. The highest BCUT2D eigenvalue weighted by Crippen LogP contribution is 2.31. The minimum atomic E-state index is 0.0613. The van der Waals surface area contributed by atoms with Gasteiger partial charge in [0.15, 0.2) is 0 Å². The highest BCUT2D eigenvalue weighted by molar-refractivity contribution is 5.89. The predicted molar refractivity (Wildman–Crippen MR) is 85.4 cm³/mol. The Labute approximate surface area is 130 Å². The molecule has 1 N–H and O–H groups in total. The molecule has 5 nitrogen and oxygen atoms in total. The van der Waals surface area contributed by atoms with E-state index in [0.717, 1.165) is 35.2 Å². The van der Waals surface area contributed by atoms with E-state index in [1.165, 1.54) is 12.8 Å². The number of fused-ring (bicyclic) bond motifs is 1. The molecule has 1 aliphatic carbocycles. The zero-order valence-corrected chi connectivity index (χ0v) is 13.1. The molecule has 1 saturated carbocycles. The molecule has 3 rings (SSSR count). The minimum absolute atomic E-state index is 0.0613. The van der Waals surface area contributed by atoms with Gasteiger partial charge in [0.05, 0.1) is 19.7 Å². The van der Waals surface area contributed by atoms with Crippen LogP contribution in [-0.2, 0) is 11.3 Å². The van der Waals surface area contributed by atoms with Crippen LogP contribution in [0.5, 0.6) is 11.5 Å². The van der Waals surface area contributed by atoms with Gasteiger partial charge in [-0.15, -0.1) is 0 Å². The van der Waals surface area contributed by atoms with Crippen LogP contribution in [0, 0.1) is 0 Å². The second kappa shape index (κ2) is 6.30. The Hall–Kier alpha value is -2.17. The van der Waals surface area contributed by atoms with Crippen molar-refractivity contribution in [2.24, 2.45) is 0 Å². The second-order valence-electron chi connectivity index (χ2n) is 5.75. The monoisotopic (exact) mass is 302 g/mol. The molecule has 1 aromatic heterocycles. The van der Waals surface area contributed by atoms with E-state index >= 15 is 0 Å². The molecule has 1 aromatic carbocycles. The van der Waals surface area contributed by atoms with E-state index in [9.17, 15) is 4.79 Å². The first-order valence-electron chi connectivity index (χ1n) is 7.71. The molecule has 1 aliphatic rings. The maximum absolute atomic E-state index is 12.2. The molecule has 0 radical (unpaired) electrons. The smallest absolute Gasteiger partial charge is 0.240 e. The summed E-state index contributed by atoms with van der Waals surface area (Å²) in [6.07, 6.45) is 6.54. The number of nitrogens with one attached hydrogen (secondary N) is 1. The largest absolute Gasteiger partial charge is 0.497 e. The highest BCUT2D eigenvalue weighted by atomic mass is 16.5. The van der Waals surface area contributed by atoms with E-state index in [4.69, 9.17) is 9.47 Å². The van der Waals surface area contributed by atoms with Gasteiger partial charge in [0.25, 0.3) is 0 Å². The van der Waals surface area contributed by atoms with Gasteiger partial charge in [-0.2, -0.15) is 0 Å². The molecule has 0 saturated heterocycles. The molecule has 1 fully saturated rings. The first kappa shape index (κ1) is 14.8. The Morgan fingerprint density at radius 3 is 2.73 bits per heavy atom. The Morgan fingerprint density at radius 1 is 1.27 bits per heavy atom. The van der Waals surface area contributed by atoms with E-state index in [1.54, 1.807) is 14.2 Å². The third-order valence-electron chi connectivity index (χ3n) is 4.31. The molecule has 1 amide bonds. The summed E-state index contributed by atoms with van der Waals surface area (Å²) in [5.41, 5.74) is 0.942. The summed E-state index contributed by atoms with van der Waals surface area (Å²) in [6.45, 7) is 0.316. The van der Waals surface area contributed by atoms with Crippen LogP contribution in [-0.4, -0.2) is 30.7 Å². The number of rotatable bonds is 5. The van der Waals surface area contributed by atoms with Crippen molar-refractivity contribution in [3.8, 4) is 11.5 Å². The van der Waals surface area contributed by atoms with Crippen LogP contribution in [0.25, 0.3) is 10.9 Å². The molecule has 118 valence electrons. The first-order chi connectivity index (χ1) is 10.7. The molecule has 2 aromatic rings. The Morgan fingerprint density at radius 2 is 2.05 bits per heavy atom. The number of methoxy groups -OCH3 is 2. The van der Waals surface area contributed by atoms with Crippen LogP contribution in [0.2, 0.25) is 0 Å². The maximum Gasteiger partial charge on any atom is 0.240 e. The van der Waals surface area contributed by atoms with Gasteiger partial charge in [-0.25, -0.2) is 0 Å². The van der Waals surface area contributed by atoms with Gasteiger partial charge >= 0.3 is 0 Å².